The van der Waals surface area contributed by atoms with Gasteiger partial charge in [0, 0.05) is 18.8 Å². The van der Waals surface area contributed by atoms with Gasteiger partial charge in [0.05, 0.1) is 22.7 Å². The predicted octanol–water partition coefficient (Wildman–Crippen LogP) is 4.15. The van der Waals surface area contributed by atoms with Crippen LogP contribution in [0.2, 0.25) is 5.28 Å². The highest BCUT2D eigenvalue weighted by molar-refractivity contribution is 6.28. The summed E-state index contributed by atoms with van der Waals surface area (Å²) in [5, 5.41) is 4.50. The van der Waals surface area contributed by atoms with Gasteiger partial charge in [-0.15, -0.1) is 0 Å². The molecule has 0 spiro atoms. The molecule has 7 heteroatoms. The molecule has 0 aliphatic rings. The fraction of sp³-hybridized carbons (Fsp3) is 0.235. The van der Waals surface area contributed by atoms with E-state index >= 15 is 0 Å². The van der Waals surface area contributed by atoms with Gasteiger partial charge in [-0.05, 0) is 49.2 Å². The van der Waals surface area contributed by atoms with Gasteiger partial charge in [-0.2, -0.15) is 4.98 Å². The van der Waals surface area contributed by atoms with Crippen LogP contribution in [0.4, 0.5) is 5.82 Å². The number of halogens is 1. The van der Waals surface area contributed by atoms with Crippen molar-refractivity contribution < 1.29 is 0 Å². The zero-order chi connectivity index (χ0) is 16.7. The summed E-state index contributed by atoms with van der Waals surface area (Å²) in [5.74, 6) is 0.726. The number of H-pyrrole nitrogens is 1. The van der Waals surface area contributed by atoms with Crippen molar-refractivity contribution in [3.63, 3.8) is 0 Å². The van der Waals surface area contributed by atoms with E-state index in [2.05, 4.69) is 55.8 Å². The van der Waals surface area contributed by atoms with Crippen LogP contribution in [0, 0.1) is 0 Å². The van der Waals surface area contributed by atoms with Gasteiger partial charge in [0.1, 0.15) is 11.5 Å². The van der Waals surface area contributed by atoms with Crippen LogP contribution in [-0.2, 0) is 6.54 Å². The number of imidazole rings is 1. The average Bonchev–Trinajstić information content (AvgIpc) is 3.18. The van der Waals surface area contributed by atoms with Gasteiger partial charge in [0.25, 0.3) is 0 Å². The Kier molecular flexibility index (Phi) is 3.61. The van der Waals surface area contributed by atoms with Gasteiger partial charge in [-0.3, -0.25) is 0 Å². The number of nitrogens with one attached hydrogen (secondary N) is 2. The largest absolute Gasteiger partial charge is 0.365 e. The molecule has 4 rings (SSSR count). The molecular weight excluding hydrogens is 324 g/mol. The second-order valence-corrected chi connectivity index (χ2v) is 6.34. The Hall–Kier alpha value is -2.60. The fourth-order valence-corrected chi connectivity index (χ4v) is 3.00. The first-order chi connectivity index (χ1) is 11.6. The van der Waals surface area contributed by atoms with Crippen LogP contribution in [0.3, 0.4) is 0 Å². The Morgan fingerprint density at radius 1 is 1.25 bits per heavy atom. The third-order valence-corrected chi connectivity index (χ3v) is 4.21. The summed E-state index contributed by atoms with van der Waals surface area (Å²) in [6, 6.07) is 8.59. The second kappa shape index (κ2) is 5.79. The van der Waals surface area contributed by atoms with E-state index in [1.807, 2.05) is 24.7 Å². The van der Waals surface area contributed by atoms with E-state index in [0.29, 0.717) is 12.6 Å². The van der Waals surface area contributed by atoms with E-state index < -0.39 is 0 Å². The quantitative estimate of drug-likeness (QED) is 0.547. The maximum absolute atomic E-state index is 5.99. The number of nitrogens with zero attached hydrogens (tertiary/aromatic N) is 4. The monoisotopic (exact) mass is 340 g/mol. The number of rotatable bonds is 4. The lowest BCUT2D eigenvalue weighted by Gasteiger charge is -2.10. The van der Waals surface area contributed by atoms with E-state index in [9.17, 15) is 0 Å². The lowest BCUT2D eigenvalue weighted by atomic mass is 10.2. The van der Waals surface area contributed by atoms with E-state index in [0.717, 1.165) is 33.4 Å². The van der Waals surface area contributed by atoms with Crippen LogP contribution in [0.5, 0.6) is 0 Å². The SMILES string of the molecule is CC(C)n1cnc2ccc(CNc3nc(Cl)nc4[nH]ccc34)cc21. The average molecular weight is 341 g/mol. The number of aromatic nitrogens is 5. The van der Waals surface area contributed by atoms with Crippen LogP contribution < -0.4 is 5.32 Å². The molecule has 0 unspecified atom stereocenters. The molecule has 0 saturated carbocycles. The summed E-state index contributed by atoms with van der Waals surface area (Å²) in [5.41, 5.74) is 4.02. The van der Waals surface area contributed by atoms with E-state index in [1.54, 1.807) is 0 Å². The van der Waals surface area contributed by atoms with Crippen LogP contribution in [0.1, 0.15) is 25.5 Å². The molecule has 3 heterocycles. The van der Waals surface area contributed by atoms with Crippen molar-refractivity contribution in [2.45, 2.75) is 26.4 Å². The van der Waals surface area contributed by atoms with Gasteiger partial charge in [-0.25, -0.2) is 9.97 Å². The van der Waals surface area contributed by atoms with Crippen molar-refractivity contribution in [2.75, 3.05) is 5.32 Å². The molecule has 2 N–H and O–H groups in total. The molecule has 0 atom stereocenters. The normalized spacial score (nSPS) is 11.7. The zero-order valence-electron chi connectivity index (χ0n) is 13.4. The molecule has 0 radical (unpaired) electrons. The van der Waals surface area contributed by atoms with Gasteiger partial charge < -0.3 is 14.9 Å². The maximum Gasteiger partial charge on any atom is 0.226 e. The molecule has 4 aromatic rings. The highest BCUT2D eigenvalue weighted by Gasteiger charge is 2.09. The van der Waals surface area contributed by atoms with Crippen LogP contribution in [0.25, 0.3) is 22.1 Å². The number of aromatic amines is 1. The lowest BCUT2D eigenvalue weighted by molar-refractivity contribution is 0.617. The van der Waals surface area contributed by atoms with Gasteiger partial charge in [0.15, 0.2) is 0 Å². The molecular formula is C17H17ClN6. The second-order valence-electron chi connectivity index (χ2n) is 6.00. The predicted molar refractivity (Wildman–Crippen MR) is 96.3 cm³/mol. The number of hydrogen-bond acceptors (Lipinski definition) is 4. The topological polar surface area (TPSA) is 71.4 Å². The number of benzene rings is 1. The number of hydrogen-bond donors (Lipinski definition) is 2. The molecule has 122 valence electrons. The molecule has 0 aliphatic carbocycles. The number of fused-ring (bicyclic) bond motifs is 2. The molecule has 0 bridgehead atoms. The summed E-state index contributed by atoms with van der Waals surface area (Å²) in [4.78, 5) is 16.0. The highest BCUT2D eigenvalue weighted by atomic mass is 35.5. The minimum atomic E-state index is 0.223. The van der Waals surface area contributed by atoms with Crippen molar-refractivity contribution >= 4 is 39.5 Å². The summed E-state index contributed by atoms with van der Waals surface area (Å²) in [6.45, 7) is 4.95. The standard InChI is InChI=1S/C17H17ClN6/c1-10(2)24-9-21-13-4-3-11(7-14(13)24)8-20-16-12-5-6-19-15(12)22-17(18)23-16/h3-7,9-10H,8H2,1-2H3,(H2,19,20,22,23). The lowest BCUT2D eigenvalue weighted by Crippen LogP contribution is -2.04. The Labute approximate surface area is 143 Å². The zero-order valence-corrected chi connectivity index (χ0v) is 14.2. The first-order valence-corrected chi connectivity index (χ1v) is 8.19. The van der Waals surface area contributed by atoms with Crippen LogP contribution in [0.15, 0.2) is 36.8 Å². The molecule has 0 aliphatic heterocycles. The molecule has 1 aromatic carbocycles. The summed E-state index contributed by atoms with van der Waals surface area (Å²) >= 11 is 5.99. The Morgan fingerprint density at radius 2 is 2.12 bits per heavy atom. The first-order valence-electron chi connectivity index (χ1n) is 7.82. The Balaban J connectivity index is 1.64. The molecule has 24 heavy (non-hydrogen) atoms. The van der Waals surface area contributed by atoms with Crippen molar-refractivity contribution in [2.24, 2.45) is 0 Å². The third-order valence-electron chi connectivity index (χ3n) is 4.04. The highest BCUT2D eigenvalue weighted by Crippen LogP contribution is 2.23. The van der Waals surface area contributed by atoms with Crippen molar-refractivity contribution in [3.8, 4) is 0 Å². The molecule has 6 nitrogen and oxygen atoms in total. The molecule has 0 fully saturated rings. The molecule has 3 aromatic heterocycles. The Morgan fingerprint density at radius 3 is 2.96 bits per heavy atom. The van der Waals surface area contributed by atoms with E-state index in [1.165, 1.54) is 0 Å². The first kappa shape index (κ1) is 15.0. The minimum Gasteiger partial charge on any atom is -0.365 e. The van der Waals surface area contributed by atoms with Crippen molar-refractivity contribution in [3.05, 3.63) is 47.6 Å². The smallest absolute Gasteiger partial charge is 0.226 e. The molecule has 0 saturated heterocycles. The fourth-order valence-electron chi connectivity index (χ4n) is 2.83. The Bertz CT molecular complexity index is 1020. The van der Waals surface area contributed by atoms with Crippen molar-refractivity contribution in [1.29, 1.82) is 0 Å². The molecule has 0 amide bonds. The van der Waals surface area contributed by atoms with Gasteiger partial charge in [0.2, 0.25) is 5.28 Å². The van der Waals surface area contributed by atoms with Crippen LogP contribution >= 0.6 is 11.6 Å². The van der Waals surface area contributed by atoms with E-state index in [4.69, 9.17) is 11.6 Å². The summed E-state index contributed by atoms with van der Waals surface area (Å²) in [7, 11) is 0. The maximum atomic E-state index is 5.99. The summed E-state index contributed by atoms with van der Waals surface area (Å²) < 4.78 is 2.17. The third kappa shape index (κ3) is 2.59. The van der Waals surface area contributed by atoms with Crippen LogP contribution in [-0.4, -0.2) is 24.5 Å². The summed E-state index contributed by atoms with van der Waals surface area (Å²) in [6.07, 6.45) is 3.72. The van der Waals surface area contributed by atoms with E-state index in [-0.39, 0.29) is 5.28 Å². The number of anilines is 1. The minimum absolute atomic E-state index is 0.223. The van der Waals surface area contributed by atoms with Gasteiger partial charge >= 0.3 is 0 Å². The van der Waals surface area contributed by atoms with Crippen molar-refractivity contribution in [1.82, 2.24) is 24.5 Å². The van der Waals surface area contributed by atoms with Gasteiger partial charge in [-0.1, -0.05) is 6.07 Å².